The number of amidine groups is 1. The number of nitrogens with two attached hydrogens (primary N) is 1. The fraction of sp³-hybridized carbons (Fsp3) is 0.565. The van der Waals surface area contributed by atoms with Gasteiger partial charge in [-0.25, -0.2) is 4.79 Å². The van der Waals surface area contributed by atoms with Crippen LogP contribution < -0.4 is 22.5 Å². The minimum absolute atomic E-state index is 0.0553. The highest BCUT2D eigenvalue weighted by molar-refractivity contribution is 5.96. The quantitative estimate of drug-likeness (QED) is 0.382. The molecule has 32 heavy (non-hydrogen) atoms. The van der Waals surface area contributed by atoms with Crippen LogP contribution in [-0.4, -0.2) is 25.1 Å². The highest BCUT2D eigenvalue weighted by Gasteiger charge is 2.35. The molecule has 0 aliphatic heterocycles. The van der Waals surface area contributed by atoms with Gasteiger partial charge in [-0.15, -0.1) is 0 Å². The van der Waals surface area contributed by atoms with Crippen LogP contribution in [0.3, 0.4) is 0 Å². The molecule has 2 aromatic heterocycles. The van der Waals surface area contributed by atoms with Gasteiger partial charge in [0, 0.05) is 24.3 Å². The topological polar surface area (TPSA) is 147 Å². The van der Waals surface area contributed by atoms with Gasteiger partial charge in [-0.05, 0) is 62.5 Å². The Balaban J connectivity index is 1.92. The summed E-state index contributed by atoms with van der Waals surface area (Å²) in [6, 6.07) is 1.61. The molecule has 0 radical (unpaired) electrons. The summed E-state index contributed by atoms with van der Waals surface area (Å²) >= 11 is 0. The summed E-state index contributed by atoms with van der Waals surface area (Å²) in [4.78, 5) is 40.8. The number of aromatic nitrogens is 3. The fourth-order valence-electron chi connectivity index (χ4n) is 4.72. The third-order valence-corrected chi connectivity index (χ3v) is 6.82. The Bertz CT molecular complexity index is 1180. The lowest BCUT2D eigenvalue weighted by atomic mass is 9.70. The molecule has 5 N–H and O–H groups in total. The SMILES string of the molecule is CCCCn1c(O)c(C(=N)N)c(=O)n(C2CCC(C)(Cc3cc[nH]c(=O)c3C)CC2)c1=O. The molecule has 0 atom stereocenters. The molecular formula is C23H33N5O4. The van der Waals surface area contributed by atoms with Gasteiger partial charge in [0.15, 0.2) is 0 Å². The zero-order chi connectivity index (χ0) is 23.6. The summed E-state index contributed by atoms with van der Waals surface area (Å²) < 4.78 is 2.35. The number of aromatic amines is 1. The molecule has 0 saturated heterocycles. The summed E-state index contributed by atoms with van der Waals surface area (Å²) in [7, 11) is 0. The van der Waals surface area contributed by atoms with Crippen LogP contribution in [0, 0.1) is 17.7 Å². The van der Waals surface area contributed by atoms with Crippen LogP contribution in [0.4, 0.5) is 0 Å². The largest absolute Gasteiger partial charge is 0.494 e. The van der Waals surface area contributed by atoms with E-state index in [-0.39, 0.29) is 29.1 Å². The van der Waals surface area contributed by atoms with E-state index in [1.165, 1.54) is 4.57 Å². The molecule has 0 unspecified atom stereocenters. The van der Waals surface area contributed by atoms with Gasteiger partial charge in [0.1, 0.15) is 11.4 Å². The van der Waals surface area contributed by atoms with E-state index in [0.29, 0.717) is 19.3 Å². The normalized spacial score (nSPS) is 20.9. The number of nitrogens with zero attached hydrogens (tertiary/aromatic N) is 2. The van der Waals surface area contributed by atoms with Crippen molar-refractivity contribution in [3.05, 3.63) is 60.1 Å². The van der Waals surface area contributed by atoms with Crippen LogP contribution in [0.5, 0.6) is 5.88 Å². The van der Waals surface area contributed by atoms with E-state index < -0.39 is 23.0 Å². The summed E-state index contributed by atoms with van der Waals surface area (Å²) in [6.07, 6.45) is 6.66. The first-order valence-electron chi connectivity index (χ1n) is 11.2. The molecule has 3 rings (SSSR count). The standard InChI is InChI=1S/C23H33N5O4/c1-4-5-12-27-20(30)17(18(24)25)21(31)28(22(27)32)16-6-9-23(3,10-7-16)13-15-8-11-26-19(29)14(15)2/h8,11,16,30H,4-7,9-10,12-13H2,1-3H3,(H3,24,25)(H,26,29). The number of aromatic hydroxyl groups is 1. The molecule has 0 spiro atoms. The summed E-state index contributed by atoms with van der Waals surface area (Å²) in [6.45, 7) is 6.22. The third-order valence-electron chi connectivity index (χ3n) is 6.82. The highest BCUT2D eigenvalue weighted by Crippen LogP contribution is 2.42. The van der Waals surface area contributed by atoms with Crippen LogP contribution in [-0.2, 0) is 13.0 Å². The van der Waals surface area contributed by atoms with Gasteiger partial charge >= 0.3 is 5.69 Å². The number of rotatable bonds is 7. The first-order valence-corrected chi connectivity index (χ1v) is 11.2. The maximum atomic E-state index is 13.1. The van der Waals surface area contributed by atoms with Crippen LogP contribution in [0.15, 0.2) is 26.6 Å². The molecule has 0 bridgehead atoms. The number of nitrogens with one attached hydrogen (secondary N) is 2. The van der Waals surface area contributed by atoms with Crippen molar-refractivity contribution in [2.75, 3.05) is 0 Å². The molecular weight excluding hydrogens is 410 g/mol. The van der Waals surface area contributed by atoms with Gasteiger partial charge < -0.3 is 15.8 Å². The lowest BCUT2D eigenvalue weighted by Crippen LogP contribution is -2.46. The van der Waals surface area contributed by atoms with Crippen LogP contribution >= 0.6 is 0 Å². The first-order chi connectivity index (χ1) is 15.1. The Labute approximate surface area is 186 Å². The highest BCUT2D eigenvalue weighted by atomic mass is 16.3. The number of unbranched alkanes of at least 4 members (excludes halogenated alkanes) is 1. The third kappa shape index (κ3) is 4.42. The van der Waals surface area contributed by atoms with Crippen molar-refractivity contribution in [3.63, 3.8) is 0 Å². The molecule has 2 heterocycles. The van der Waals surface area contributed by atoms with Gasteiger partial charge in [-0.3, -0.25) is 24.1 Å². The number of hydrogen-bond donors (Lipinski definition) is 4. The second-order valence-corrected chi connectivity index (χ2v) is 9.25. The van der Waals surface area contributed by atoms with Crippen LogP contribution in [0.2, 0.25) is 0 Å². The van der Waals surface area contributed by atoms with E-state index in [9.17, 15) is 19.5 Å². The van der Waals surface area contributed by atoms with Crippen molar-refractivity contribution in [3.8, 4) is 5.88 Å². The number of nitrogen functional groups attached to an aromatic ring is 1. The Kier molecular flexibility index (Phi) is 6.76. The van der Waals surface area contributed by atoms with Crippen molar-refractivity contribution < 1.29 is 5.11 Å². The molecule has 1 fully saturated rings. The van der Waals surface area contributed by atoms with E-state index >= 15 is 0 Å². The Morgan fingerprint density at radius 1 is 1.31 bits per heavy atom. The molecule has 174 valence electrons. The lowest BCUT2D eigenvalue weighted by Gasteiger charge is -2.38. The lowest BCUT2D eigenvalue weighted by molar-refractivity contribution is 0.165. The maximum Gasteiger partial charge on any atom is 0.334 e. The van der Waals surface area contributed by atoms with Crippen molar-refractivity contribution in [2.24, 2.45) is 11.1 Å². The molecule has 0 aromatic carbocycles. The van der Waals surface area contributed by atoms with Gasteiger partial charge in [0.05, 0.1) is 0 Å². The smallest absolute Gasteiger partial charge is 0.334 e. The van der Waals surface area contributed by atoms with Gasteiger partial charge in [0.25, 0.3) is 11.1 Å². The summed E-state index contributed by atoms with van der Waals surface area (Å²) in [5.41, 5.74) is 5.61. The van der Waals surface area contributed by atoms with Gasteiger partial charge in [-0.2, -0.15) is 0 Å². The Morgan fingerprint density at radius 3 is 2.56 bits per heavy atom. The zero-order valence-electron chi connectivity index (χ0n) is 19.0. The predicted octanol–water partition coefficient (Wildman–Crippen LogP) is 2.16. The molecule has 1 aliphatic carbocycles. The Hall–Kier alpha value is -3.10. The van der Waals surface area contributed by atoms with E-state index in [0.717, 1.165) is 41.4 Å². The number of H-pyrrole nitrogens is 1. The minimum Gasteiger partial charge on any atom is -0.494 e. The maximum absolute atomic E-state index is 13.1. The second-order valence-electron chi connectivity index (χ2n) is 9.25. The second kappa shape index (κ2) is 9.18. The van der Waals surface area contributed by atoms with Gasteiger partial charge in [-0.1, -0.05) is 20.3 Å². The van der Waals surface area contributed by atoms with Gasteiger partial charge in [0.2, 0.25) is 5.88 Å². The fourth-order valence-corrected chi connectivity index (χ4v) is 4.72. The van der Waals surface area contributed by atoms with E-state index in [1.54, 1.807) is 6.20 Å². The monoisotopic (exact) mass is 443 g/mol. The van der Waals surface area contributed by atoms with Crippen molar-refractivity contribution >= 4 is 5.84 Å². The predicted molar refractivity (Wildman–Crippen MR) is 124 cm³/mol. The molecule has 1 aliphatic rings. The number of pyridine rings is 1. The molecule has 9 heteroatoms. The molecule has 2 aromatic rings. The van der Waals surface area contributed by atoms with E-state index in [2.05, 4.69) is 11.9 Å². The average molecular weight is 444 g/mol. The van der Waals surface area contributed by atoms with Crippen molar-refractivity contribution in [2.45, 2.75) is 78.3 Å². The van der Waals surface area contributed by atoms with Crippen molar-refractivity contribution in [1.82, 2.24) is 14.1 Å². The number of hydrogen-bond acceptors (Lipinski definition) is 5. The Morgan fingerprint density at radius 2 is 1.97 bits per heavy atom. The van der Waals surface area contributed by atoms with E-state index in [4.69, 9.17) is 11.1 Å². The molecule has 0 amide bonds. The minimum atomic E-state index is -0.702. The van der Waals surface area contributed by atoms with Crippen LogP contribution in [0.25, 0.3) is 0 Å². The molecule has 9 nitrogen and oxygen atoms in total. The first kappa shape index (κ1) is 23.6. The average Bonchev–Trinajstić information content (AvgIpc) is 2.72. The van der Waals surface area contributed by atoms with Crippen LogP contribution in [0.1, 0.15) is 75.1 Å². The zero-order valence-corrected chi connectivity index (χ0v) is 19.0. The van der Waals surface area contributed by atoms with E-state index in [1.807, 2.05) is 19.9 Å². The summed E-state index contributed by atoms with van der Waals surface area (Å²) in [5.74, 6) is -1.07. The molecule has 1 saturated carbocycles. The summed E-state index contributed by atoms with van der Waals surface area (Å²) in [5, 5.41) is 18.2. The van der Waals surface area contributed by atoms with Crippen molar-refractivity contribution in [1.29, 1.82) is 5.41 Å².